The summed E-state index contributed by atoms with van der Waals surface area (Å²) in [6, 6.07) is 13.8. The molecular formula is C21H24N2O3. The van der Waals surface area contributed by atoms with Crippen LogP contribution in [0, 0.1) is 6.92 Å². The molecule has 136 valence electrons. The molecule has 0 aliphatic heterocycles. The van der Waals surface area contributed by atoms with E-state index in [1.807, 2.05) is 55.4 Å². The van der Waals surface area contributed by atoms with Gasteiger partial charge in [0.1, 0.15) is 11.5 Å². The van der Waals surface area contributed by atoms with E-state index in [0.29, 0.717) is 12.3 Å². The summed E-state index contributed by atoms with van der Waals surface area (Å²) in [5.41, 5.74) is 3.77. The maximum Gasteiger partial charge on any atom is 0.255 e. The van der Waals surface area contributed by atoms with Crippen LogP contribution in [0.3, 0.4) is 0 Å². The van der Waals surface area contributed by atoms with Crippen molar-refractivity contribution in [3.05, 3.63) is 63.9 Å². The van der Waals surface area contributed by atoms with Crippen molar-refractivity contribution in [2.75, 3.05) is 26.2 Å². The topological polar surface area (TPSA) is 43.7 Å². The largest absolute Gasteiger partial charge is 0.497 e. The monoisotopic (exact) mass is 352 g/mol. The van der Waals surface area contributed by atoms with E-state index < -0.39 is 0 Å². The zero-order valence-corrected chi connectivity index (χ0v) is 15.9. The van der Waals surface area contributed by atoms with Gasteiger partial charge in [-0.25, -0.2) is 0 Å². The lowest BCUT2D eigenvalue weighted by Gasteiger charge is -2.22. The number of aromatic nitrogens is 1. The first kappa shape index (κ1) is 17.9. The van der Waals surface area contributed by atoms with Crippen LogP contribution < -0.4 is 19.9 Å². The quantitative estimate of drug-likeness (QED) is 0.705. The first-order valence-electron chi connectivity index (χ1n) is 8.47. The maximum absolute atomic E-state index is 12.8. The first-order valence-corrected chi connectivity index (χ1v) is 8.47. The zero-order valence-electron chi connectivity index (χ0n) is 15.9. The van der Waals surface area contributed by atoms with Crippen molar-refractivity contribution in [3.8, 4) is 11.5 Å². The molecule has 0 spiro atoms. The summed E-state index contributed by atoms with van der Waals surface area (Å²) in [6.45, 7) is 2.54. The first-order chi connectivity index (χ1) is 12.4. The number of fused-ring (bicyclic) bond motifs is 1. The number of hydrogen-bond donors (Lipinski definition) is 0. The summed E-state index contributed by atoms with van der Waals surface area (Å²) in [4.78, 5) is 14.8. The highest BCUT2D eigenvalue weighted by Gasteiger charge is 2.13. The molecule has 0 radical (unpaired) electrons. The third-order valence-corrected chi connectivity index (χ3v) is 4.66. The van der Waals surface area contributed by atoms with Crippen molar-refractivity contribution in [2.24, 2.45) is 7.05 Å². The number of methoxy groups -OCH3 is 2. The molecule has 0 fully saturated rings. The summed E-state index contributed by atoms with van der Waals surface area (Å²) >= 11 is 0. The summed E-state index contributed by atoms with van der Waals surface area (Å²) in [5, 5.41) is 1.07. The van der Waals surface area contributed by atoms with Gasteiger partial charge in [-0.1, -0.05) is 11.6 Å². The van der Waals surface area contributed by atoms with Gasteiger partial charge in [0, 0.05) is 32.3 Å². The Balaban J connectivity index is 2.01. The molecule has 26 heavy (non-hydrogen) atoms. The lowest BCUT2D eigenvalue weighted by Crippen LogP contribution is -2.27. The summed E-state index contributed by atoms with van der Waals surface area (Å²) in [7, 11) is 7.02. The minimum atomic E-state index is 0.0145. The standard InChI is InChI=1S/C21H24N2O3/c1-14-6-8-18-15(10-14)11-16(21(24)23(18)3)13-22(2)19-9-7-17(25-4)12-20(19)26-5/h6-12H,13H2,1-5H3. The second-order valence-corrected chi connectivity index (χ2v) is 6.49. The van der Waals surface area contributed by atoms with Crippen LogP contribution in [0.5, 0.6) is 11.5 Å². The Morgan fingerprint density at radius 2 is 1.81 bits per heavy atom. The molecule has 3 aromatic rings. The summed E-state index contributed by atoms with van der Waals surface area (Å²) < 4.78 is 12.4. The zero-order chi connectivity index (χ0) is 18.8. The predicted octanol–water partition coefficient (Wildman–Crippen LogP) is 3.50. The van der Waals surface area contributed by atoms with Crippen molar-refractivity contribution < 1.29 is 9.47 Å². The Kier molecular flexibility index (Phi) is 4.89. The van der Waals surface area contributed by atoms with Crippen LogP contribution in [0.15, 0.2) is 47.3 Å². The van der Waals surface area contributed by atoms with Crippen LogP contribution in [0.2, 0.25) is 0 Å². The van der Waals surface area contributed by atoms with E-state index in [-0.39, 0.29) is 5.56 Å². The van der Waals surface area contributed by atoms with Gasteiger partial charge in [0.05, 0.1) is 25.4 Å². The molecule has 0 aliphatic carbocycles. The van der Waals surface area contributed by atoms with Crippen molar-refractivity contribution in [1.29, 1.82) is 0 Å². The fourth-order valence-corrected chi connectivity index (χ4v) is 3.22. The molecule has 3 rings (SSSR count). The lowest BCUT2D eigenvalue weighted by atomic mass is 10.1. The predicted molar refractivity (Wildman–Crippen MR) is 106 cm³/mol. The number of aryl methyl sites for hydroxylation is 2. The fraction of sp³-hybridized carbons (Fsp3) is 0.286. The average molecular weight is 352 g/mol. The van der Waals surface area contributed by atoms with Gasteiger partial charge in [0.25, 0.3) is 5.56 Å². The van der Waals surface area contributed by atoms with E-state index in [4.69, 9.17) is 9.47 Å². The van der Waals surface area contributed by atoms with Gasteiger partial charge < -0.3 is 18.9 Å². The highest BCUT2D eigenvalue weighted by molar-refractivity contribution is 5.80. The van der Waals surface area contributed by atoms with Gasteiger partial charge in [-0.3, -0.25) is 4.79 Å². The molecule has 0 amide bonds. The molecule has 0 atom stereocenters. The Hall–Kier alpha value is -2.95. The molecule has 1 aromatic heterocycles. The van der Waals surface area contributed by atoms with E-state index in [9.17, 15) is 4.79 Å². The van der Waals surface area contributed by atoms with Crippen LogP contribution in [-0.4, -0.2) is 25.8 Å². The minimum Gasteiger partial charge on any atom is -0.497 e. The van der Waals surface area contributed by atoms with Gasteiger partial charge in [0.2, 0.25) is 0 Å². The molecule has 0 saturated heterocycles. The van der Waals surface area contributed by atoms with Crippen molar-refractivity contribution in [2.45, 2.75) is 13.5 Å². The molecule has 0 N–H and O–H groups in total. The van der Waals surface area contributed by atoms with E-state index in [0.717, 1.165) is 27.9 Å². The number of benzene rings is 2. The van der Waals surface area contributed by atoms with E-state index in [2.05, 4.69) is 13.0 Å². The Morgan fingerprint density at radius 1 is 1.04 bits per heavy atom. The maximum atomic E-state index is 12.8. The Bertz CT molecular complexity index is 1010. The molecule has 0 saturated carbocycles. The molecule has 0 bridgehead atoms. The SMILES string of the molecule is COc1ccc(N(C)Cc2cc3cc(C)ccc3n(C)c2=O)c(OC)c1. The second-order valence-electron chi connectivity index (χ2n) is 6.49. The van der Waals surface area contributed by atoms with E-state index in [1.54, 1.807) is 18.8 Å². The van der Waals surface area contributed by atoms with Gasteiger partial charge in [-0.05, 0) is 42.6 Å². The molecule has 2 aromatic carbocycles. The normalized spacial score (nSPS) is 10.8. The van der Waals surface area contributed by atoms with Gasteiger partial charge in [0.15, 0.2) is 0 Å². The van der Waals surface area contributed by atoms with Crippen LogP contribution in [-0.2, 0) is 13.6 Å². The molecule has 0 unspecified atom stereocenters. The minimum absolute atomic E-state index is 0.0145. The van der Waals surface area contributed by atoms with Gasteiger partial charge in [-0.2, -0.15) is 0 Å². The smallest absolute Gasteiger partial charge is 0.255 e. The highest BCUT2D eigenvalue weighted by Crippen LogP contribution is 2.32. The third-order valence-electron chi connectivity index (χ3n) is 4.66. The number of ether oxygens (including phenoxy) is 2. The number of anilines is 1. The molecule has 5 heteroatoms. The van der Waals surface area contributed by atoms with E-state index >= 15 is 0 Å². The fourth-order valence-electron chi connectivity index (χ4n) is 3.22. The Labute approximate surface area is 153 Å². The van der Waals surface area contributed by atoms with Crippen molar-refractivity contribution >= 4 is 16.6 Å². The highest BCUT2D eigenvalue weighted by atomic mass is 16.5. The molecular weight excluding hydrogens is 328 g/mol. The third kappa shape index (κ3) is 3.25. The molecule has 5 nitrogen and oxygen atoms in total. The number of pyridine rings is 1. The summed E-state index contributed by atoms with van der Waals surface area (Å²) in [6.07, 6.45) is 0. The van der Waals surface area contributed by atoms with Crippen molar-refractivity contribution in [3.63, 3.8) is 0 Å². The van der Waals surface area contributed by atoms with Crippen molar-refractivity contribution in [1.82, 2.24) is 4.57 Å². The number of nitrogens with zero attached hydrogens (tertiary/aromatic N) is 2. The van der Waals surface area contributed by atoms with Crippen LogP contribution in [0.25, 0.3) is 10.9 Å². The molecule has 0 aliphatic rings. The molecule has 1 heterocycles. The van der Waals surface area contributed by atoms with Gasteiger partial charge in [-0.15, -0.1) is 0 Å². The number of rotatable bonds is 5. The number of hydrogen-bond acceptors (Lipinski definition) is 4. The van der Waals surface area contributed by atoms with Crippen LogP contribution in [0.1, 0.15) is 11.1 Å². The second kappa shape index (κ2) is 7.12. The lowest BCUT2D eigenvalue weighted by molar-refractivity contribution is 0.394. The van der Waals surface area contributed by atoms with E-state index in [1.165, 1.54) is 5.56 Å². The Morgan fingerprint density at radius 3 is 2.50 bits per heavy atom. The van der Waals surface area contributed by atoms with Gasteiger partial charge >= 0.3 is 0 Å². The summed E-state index contributed by atoms with van der Waals surface area (Å²) in [5.74, 6) is 1.44. The average Bonchev–Trinajstić information content (AvgIpc) is 2.65. The van der Waals surface area contributed by atoms with Crippen LogP contribution in [0.4, 0.5) is 5.69 Å². The van der Waals surface area contributed by atoms with Crippen LogP contribution >= 0.6 is 0 Å².